The molecule has 0 spiro atoms. The van der Waals surface area contributed by atoms with Crippen molar-refractivity contribution >= 4 is 16.9 Å². The summed E-state index contributed by atoms with van der Waals surface area (Å²) in [7, 11) is 0. The molecule has 0 saturated carbocycles. The second kappa shape index (κ2) is 7.03. The van der Waals surface area contributed by atoms with Gasteiger partial charge in [-0.15, -0.1) is 0 Å². The molecule has 0 bridgehead atoms. The van der Waals surface area contributed by atoms with Crippen LogP contribution in [-0.2, 0) is 0 Å². The summed E-state index contributed by atoms with van der Waals surface area (Å²) in [5.74, 6) is 0.667. The summed E-state index contributed by atoms with van der Waals surface area (Å²) in [6.45, 7) is 4.09. The van der Waals surface area contributed by atoms with Gasteiger partial charge in [-0.3, -0.25) is 14.9 Å². The van der Waals surface area contributed by atoms with Crippen molar-refractivity contribution in [2.45, 2.75) is 19.9 Å². The summed E-state index contributed by atoms with van der Waals surface area (Å²) in [5.41, 5.74) is 3.56. The van der Waals surface area contributed by atoms with E-state index in [0.29, 0.717) is 17.1 Å². The van der Waals surface area contributed by atoms with E-state index >= 15 is 0 Å². The SMILES string of the molecule is CC(C)[C@@H](NC(=O)c1cc(-c2ccccn2)n[nH]1)c1nc2ccccc2[nH]1. The highest BCUT2D eigenvalue weighted by Crippen LogP contribution is 2.23. The van der Waals surface area contributed by atoms with Crippen LogP contribution in [0.25, 0.3) is 22.4 Å². The molecule has 7 nitrogen and oxygen atoms in total. The maximum atomic E-state index is 12.7. The van der Waals surface area contributed by atoms with E-state index in [1.54, 1.807) is 12.3 Å². The van der Waals surface area contributed by atoms with Crippen molar-refractivity contribution in [3.63, 3.8) is 0 Å². The number of nitrogens with zero attached hydrogens (tertiary/aromatic N) is 3. The average Bonchev–Trinajstić information content (AvgIpc) is 3.33. The van der Waals surface area contributed by atoms with Crippen LogP contribution in [0.15, 0.2) is 54.7 Å². The molecule has 1 amide bonds. The van der Waals surface area contributed by atoms with Crippen LogP contribution in [0.1, 0.15) is 36.2 Å². The molecule has 0 aliphatic rings. The minimum Gasteiger partial charge on any atom is -0.341 e. The van der Waals surface area contributed by atoms with Gasteiger partial charge in [0.2, 0.25) is 0 Å². The Morgan fingerprint density at radius 3 is 2.63 bits per heavy atom. The van der Waals surface area contributed by atoms with E-state index in [1.165, 1.54) is 0 Å². The number of nitrogens with one attached hydrogen (secondary N) is 3. The Balaban J connectivity index is 1.57. The fraction of sp³-hybridized carbons (Fsp3) is 0.200. The monoisotopic (exact) mass is 360 g/mol. The van der Waals surface area contributed by atoms with Gasteiger partial charge in [0, 0.05) is 6.20 Å². The predicted octanol–water partition coefficient (Wildman–Crippen LogP) is 3.48. The Hall–Kier alpha value is -3.48. The van der Waals surface area contributed by atoms with Crippen LogP contribution in [0.3, 0.4) is 0 Å². The Morgan fingerprint density at radius 1 is 1.07 bits per heavy atom. The molecule has 1 aromatic carbocycles. The van der Waals surface area contributed by atoms with E-state index in [1.807, 2.05) is 56.3 Å². The Morgan fingerprint density at radius 2 is 1.89 bits per heavy atom. The van der Waals surface area contributed by atoms with Crippen molar-refractivity contribution in [2.24, 2.45) is 5.92 Å². The van der Waals surface area contributed by atoms with Gasteiger partial charge in [0.15, 0.2) is 0 Å². The standard InChI is InChI=1S/C20H20N6O/c1-12(2)18(19-22-14-8-3-4-9-15(14)23-19)24-20(27)17-11-16(25-26-17)13-7-5-6-10-21-13/h3-12,18H,1-2H3,(H,22,23)(H,24,27)(H,25,26)/t18-/m1/s1. The third kappa shape index (κ3) is 3.44. The molecule has 0 aliphatic carbocycles. The van der Waals surface area contributed by atoms with Gasteiger partial charge in [-0.25, -0.2) is 4.98 Å². The van der Waals surface area contributed by atoms with E-state index in [2.05, 4.69) is 30.5 Å². The maximum Gasteiger partial charge on any atom is 0.269 e. The van der Waals surface area contributed by atoms with E-state index in [9.17, 15) is 4.79 Å². The third-order valence-corrected chi connectivity index (χ3v) is 4.41. The topological polar surface area (TPSA) is 99.3 Å². The number of hydrogen-bond acceptors (Lipinski definition) is 4. The minimum absolute atomic E-state index is 0.160. The zero-order valence-electron chi connectivity index (χ0n) is 15.1. The molecule has 0 aliphatic heterocycles. The van der Waals surface area contributed by atoms with Crippen molar-refractivity contribution < 1.29 is 4.79 Å². The van der Waals surface area contributed by atoms with Gasteiger partial charge >= 0.3 is 0 Å². The number of hydrogen-bond donors (Lipinski definition) is 3. The largest absolute Gasteiger partial charge is 0.341 e. The van der Waals surface area contributed by atoms with Gasteiger partial charge < -0.3 is 10.3 Å². The highest BCUT2D eigenvalue weighted by Gasteiger charge is 2.23. The Kier molecular flexibility index (Phi) is 4.42. The number of benzene rings is 1. The number of para-hydroxylation sites is 2. The summed E-state index contributed by atoms with van der Waals surface area (Å²) in [4.78, 5) is 24.9. The second-order valence-corrected chi connectivity index (χ2v) is 6.72. The lowest BCUT2D eigenvalue weighted by atomic mass is 10.0. The molecule has 4 aromatic rings. The van der Waals surface area contributed by atoms with Crippen molar-refractivity contribution in [1.29, 1.82) is 0 Å². The molecular weight excluding hydrogens is 340 g/mol. The molecule has 3 heterocycles. The highest BCUT2D eigenvalue weighted by molar-refractivity contribution is 5.93. The Bertz CT molecular complexity index is 1030. The van der Waals surface area contributed by atoms with Crippen molar-refractivity contribution in [3.8, 4) is 11.4 Å². The average molecular weight is 360 g/mol. The molecule has 0 fully saturated rings. The number of amides is 1. The van der Waals surface area contributed by atoms with Crippen LogP contribution in [0.4, 0.5) is 0 Å². The van der Waals surface area contributed by atoms with Gasteiger partial charge in [-0.05, 0) is 36.2 Å². The molecule has 0 saturated heterocycles. The molecule has 4 rings (SSSR count). The van der Waals surface area contributed by atoms with Crippen molar-refractivity contribution in [1.82, 2.24) is 30.5 Å². The number of H-pyrrole nitrogens is 2. The van der Waals surface area contributed by atoms with E-state index < -0.39 is 0 Å². The number of carbonyl (C=O) groups excluding carboxylic acids is 1. The van der Waals surface area contributed by atoms with Gasteiger partial charge in [-0.2, -0.15) is 5.10 Å². The molecule has 3 aromatic heterocycles. The second-order valence-electron chi connectivity index (χ2n) is 6.72. The normalized spacial score (nSPS) is 12.4. The summed E-state index contributed by atoms with van der Waals surface area (Å²) < 4.78 is 0. The summed E-state index contributed by atoms with van der Waals surface area (Å²) in [6.07, 6.45) is 1.69. The molecule has 136 valence electrons. The lowest BCUT2D eigenvalue weighted by Crippen LogP contribution is -2.32. The summed E-state index contributed by atoms with van der Waals surface area (Å²) in [5, 5.41) is 10.0. The lowest BCUT2D eigenvalue weighted by molar-refractivity contribution is 0.0918. The predicted molar refractivity (Wildman–Crippen MR) is 103 cm³/mol. The van der Waals surface area contributed by atoms with Crippen LogP contribution in [-0.4, -0.2) is 31.1 Å². The van der Waals surface area contributed by atoms with Crippen molar-refractivity contribution in [2.75, 3.05) is 0 Å². The van der Waals surface area contributed by atoms with E-state index in [0.717, 1.165) is 16.9 Å². The molecule has 0 radical (unpaired) electrons. The fourth-order valence-electron chi connectivity index (χ4n) is 2.97. The first-order valence-corrected chi connectivity index (χ1v) is 8.84. The molecule has 1 atom stereocenters. The first kappa shape index (κ1) is 17.0. The zero-order chi connectivity index (χ0) is 18.8. The quantitative estimate of drug-likeness (QED) is 0.507. The van der Waals surface area contributed by atoms with Gasteiger partial charge in [0.1, 0.15) is 17.2 Å². The first-order valence-electron chi connectivity index (χ1n) is 8.84. The van der Waals surface area contributed by atoms with Gasteiger partial charge in [0.05, 0.1) is 22.8 Å². The number of aromatic amines is 2. The smallest absolute Gasteiger partial charge is 0.269 e. The molecule has 27 heavy (non-hydrogen) atoms. The van der Waals surface area contributed by atoms with E-state index in [-0.39, 0.29) is 17.9 Å². The van der Waals surface area contributed by atoms with Crippen molar-refractivity contribution in [3.05, 3.63) is 66.2 Å². The van der Waals surface area contributed by atoms with Crippen LogP contribution in [0, 0.1) is 5.92 Å². The van der Waals surface area contributed by atoms with Gasteiger partial charge in [-0.1, -0.05) is 32.0 Å². The summed E-state index contributed by atoms with van der Waals surface area (Å²) >= 11 is 0. The Labute approximate surface area is 156 Å². The highest BCUT2D eigenvalue weighted by atomic mass is 16.2. The number of imidazole rings is 1. The maximum absolute atomic E-state index is 12.7. The molecule has 3 N–H and O–H groups in total. The third-order valence-electron chi connectivity index (χ3n) is 4.41. The zero-order valence-corrected chi connectivity index (χ0v) is 15.1. The number of pyridine rings is 1. The van der Waals surface area contributed by atoms with Crippen LogP contribution in [0.2, 0.25) is 0 Å². The lowest BCUT2D eigenvalue weighted by Gasteiger charge is -2.19. The van der Waals surface area contributed by atoms with Gasteiger partial charge in [0.25, 0.3) is 5.91 Å². The van der Waals surface area contributed by atoms with Crippen LogP contribution >= 0.6 is 0 Å². The molecular formula is C20H20N6O. The van der Waals surface area contributed by atoms with E-state index in [4.69, 9.17) is 0 Å². The first-order chi connectivity index (χ1) is 13.1. The number of rotatable bonds is 5. The minimum atomic E-state index is -0.244. The summed E-state index contributed by atoms with van der Waals surface area (Å²) in [6, 6.07) is 14.8. The molecule has 0 unspecified atom stereocenters. The number of carbonyl (C=O) groups is 1. The number of fused-ring (bicyclic) bond motifs is 1. The fourth-order valence-corrected chi connectivity index (χ4v) is 2.97. The molecule has 7 heteroatoms. The number of aromatic nitrogens is 5. The van der Waals surface area contributed by atoms with Crippen LogP contribution < -0.4 is 5.32 Å². The van der Waals surface area contributed by atoms with Crippen LogP contribution in [0.5, 0.6) is 0 Å².